The average molecular weight is 363 g/mol. The lowest BCUT2D eigenvalue weighted by molar-refractivity contribution is -0.136. The number of nitrogens with one attached hydrogen (secondary N) is 2. The molecule has 0 radical (unpaired) electrons. The number of carbonyl (C=O) groups is 2. The van der Waals surface area contributed by atoms with Gasteiger partial charge in [-0.1, -0.05) is 6.07 Å². The molecule has 1 aromatic heterocycles. The molecule has 0 bridgehead atoms. The number of carbonyl (C=O) groups excluding carboxylic acids is 2. The SMILES string of the molecule is COc1ccc(CCNC(=O)C(=O)Nc2nc(C)c(C)s2)cc1OC. The Morgan fingerprint density at radius 1 is 1.12 bits per heavy atom. The predicted octanol–water partition coefficient (Wildman–Crippen LogP) is 2.07. The highest BCUT2D eigenvalue weighted by Crippen LogP contribution is 2.27. The van der Waals surface area contributed by atoms with Crippen LogP contribution in [-0.4, -0.2) is 37.6 Å². The van der Waals surface area contributed by atoms with Crippen LogP contribution in [-0.2, 0) is 16.0 Å². The van der Waals surface area contributed by atoms with E-state index in [-0.39, 0.29) is 0 Å². The van der Waals surface area contributed by atoms with Crippen molar-refractivity contribution in [1.29, 1.82) is 0 Å². The van der Waals surface area contributed by atoms with Gasteiger partial charge in [0.15, 0.2) is 16.6 Å². The molecule has 0 fully saturated rings. The minimum atomic E-state index is -0.721. The largest absolute Gasteiger partial charge is 0.493 e. The number of benzene rings is 1. The molecule has 8 heteroatoms. The first kappa shape index (κ1) is 18.7. The monoisotopic (exact) mass is 363 g/mol. The molecule has 0 aliphatic heterocycles. The summed E-state index contributed by atoms with van der Waals surface area (Å²) in [5, 5.41) is 5.52. The van der Waals surface area contributed by atoms with Crippen LogP contribution < -0.4 is 20.1 Å². The van der Waals surface area contributed by atoms with Gasteiger partial charge in [0, 0.05) is 11.4 Å². The van der Waals surface area contributed by atoms with Crippen molar-refractivity contribution in [2.45, 2.75) is 20.3 Å². The molecule has 0 aliphatic rings. The van der Waals surface area contributed by atoms with E-state index in [0.29, 0.717) is 29.6 Å². The molecule has 2 aromatic rings. The molecule has 2 amide bonds. The molecule has 2 rings (SSSR count). The minimum absolute atomic E-state index is 0.331. The second kappa shape index (κ2) is 8.48. The Kier molecular flexibility index (Phi) is 6.35. The Hall–Kier alpha value is -2.61. The third-order valence-corrected chi connectivity index (χ3v) is 4.59. The Labute approximate surface area is 150 Å². The highest BCUT2D eigenvalue weighted by Gasteiger charge is 2.15. The average Bonchev–Trinajstić information content (AvgIpc) is 2.91. The summed E-state index contributed by atoms with van der Waals surface area (Å²) in [7, 11) is 3.14. The third kappa shape index (κ3) is 4.93. The van der Waals surface area contributed by atoms with Crippen molar-refractivity contribution in [1.82, 2.24) is 10.3 Å². The first-order chi connectivity index (χ1) is 11.9. The van der Waals surface area contributed by atoms with Gasteiger partial charge in [0.25, 0.3) is 0 Å². The van der Waals surface area contributed by atoms with Gasteiger partial charge in [-0.25, -0.2) is 4.98 Å². The van der Waals surface area contributed by atoms with Crippen LogP contribution in [0.4, 0.5) is 5.13 Å². The van der Waals surface area contributed by atoms with E-state index in [1.807, 2.05) is 26.0 Å². The van der Waals surface area contributed by atoms with Gasteiger partial charge in [-0.15, -0.1) is 11.3 Å². The lowest BCUT2D eigenvalue weighted by atomic mass is 10.1. The molecular formula is C17H21N3O4S. The summed E-state index contributed by atoms with van der Waals surface area (Å²) < 4.78 is 10.4. The van der Waals surface area contributed by atoms with E-state index in [0.717, 1.165) is 16.1 Å². The zero-order chi connectivity index (χ0) is 18.4. The molecule has 0 spiro atoms. The minimum Gasteiger partial charge on any atom is -0.493 e. The van der Waals surface area contributed by atoms with Gasteiger partial charge in [-0.2, -0.15) is 0 Å². The van der Waals surface area contributed by atoms with E-state index in [1.165, 1.54) is 11.3 Å². The molecule has 0 saturated heterocycles. The van der Waals surface area contributed by atoms with E-state index < -0.39 is 11.8 Å². The highest BCUT2D eigenvalue weighted by molar-refractivity contribution is 7.15. The number of ether oxygens (including phenoxy) is 2. The Bertz CT molecular complexity index is 754. The quantitative estimate of drug-likeness (QED) is 0.767. The van der Waals surface area contributed by atoms with Gasteiger partial charge in [0.2, 0.25) is 0 Å². The van der Waals surface area contributed by atoms with Gasteiger partial charge in [-0.3, -0.25) is 14.9 Å². The number of rotatable bonds is 6. The van der Waals surface area contributed by atoms with Crippen LogP contribution in [0.25, 0.3) is 0 Å². The second-order valence-corrected chi connectivity index (χ2v) is 6.51. The fraction of sp³-hybridized carbons (Fsp3) is 0.353. The lowest BCUT2D eigenvalue weighted by Gasteiger charge is -2.10. The summed E-state index contributed by atoms with van der Waals surface area (Å²) in [5.41, 5.74) is 1.80. The van der Waals surface area contributed by atoms with Crippen LogP contribution in [0, 0.1) is 13.8 Å². The van der Waals surface area contributed by atoms with Gasteiger partial charge >= 0.3 is 11.8 Å². The fourth-order valence-corrected chi connectivity index (χ4v) is 2.93. The fourth-order valence-electron chi connectivity index (χ4n) is 2.12. The molecule has 134 valence electrons. The number of nitrogens with zero attached hydrogens (tertiary/aromatic N) is 1. The zero-order valence-electron chi connectivity index (χ0n) is 14.6. The van der Waals surface area contributed by atoms with E-state index in [1.54, 1.807) is 20.3 Å². The first-order valence-corrected chi connectivity index (χ1v) is 8.50. The molecular weight excluding hydrogens is 342 g/mol. The number of amides is 2. The van der Waals surface area contributed by atoms with Crippen LogP contribution in [0.1, 0.15) is 16.1 Å². The molecule has 25 heavy (non-hydrogen) atoms. The zero-order valence-corrected chi connectivity index (χ0v) is 15.5. The maximum atomic E-state index is 11.9. The summed E-state index contributed by atoms with van der Waals surface area (Å²) in [4.78, 5) is 28.9. The van der Waals surface area contributed by atoms with Gasteiger partial charge in [0.05, 0.1) is 19.9 Å². The second-order valence-electron chi connectivity index (χ2n) is 5.31. The van der Waals surface area contributed by atoms with E-state index in [4.69, 9.17) is 9.47 Å². The van der Waals surface area contributed by atoms with Crippen molar-refractivity contribution in [3.05, 3.63) is 34.3 Å². The van der Waals surface area contributed by atoms with Gasteiger partial charge < -0.3 is 14.8 Å². The van der Waals surface area contributed by atoms with Gasteiger partial charge in [0.1, 0.15) is 0 Å². The van der Waals surface area contributed by atoms with Crippen LogP contribution >= 0.6 is 11.3 Å². The molecule has 0 unspecified atom stereocenters. The topological polar surface area (TPSA) is 89.5 Å². The van der Waals surface area contributed by atoms with Crippen LogP contribution in [0.2, 0.25) is 0 Å². The van der Waals surface area contributed by atoms with Crippen molar-refractivity contribution in [3.8, 4) is 11.5 Å². The standard InChI is InChI=1S/C17H21N3O4S/c1-10-11(2)25-17(19-10)20-16(22)15(21)18-8-7-12-5-6-13(23-3)14(9-12)24-4/h5-6,9H,7-8H2,1-4H3,(H,18,21)(H,19,20,22). The molecule has 0 atom stereocenters. The summed E-state index contributed by atoms with van der Waals surface area (Å²) in [6.07, 6.45) is 0.564. The number of thiazole rings is 1. The molecule has 1 heterocycles. The van der Waals surface area contributed by atoms with Crippen LogP contribution in [0.15, 0.2) is 18.2 Å². The van der Waals surface area contributed by atoms with E-state index >= 15 is 0 Å². The van der Waals surface area contributed by atoms with Crippen LogP contribution in [0.5, 0.6) is 11.5 Å². The van der Waals surface area contributed by atoms with Crippen molar-refractivity contribution >= 4 is 28.3 Å². The molecule has 0 saturated carbocycles. The van der Waals surface area contributed by atoms with E-state index in [2.05, 4.69) is 15.6 Å². The smallest absolute Gasteiger partial charge is 0.315 e. The molecule has 1 aromatic carbocycles. The maximum Gasteiger partial charge on any atom is 0.315 e. The summed E-state index contributed by atoms with van der Waals surface area (Å²) in [6.45, 7) is 4.09. The molecule has 7 nitrogen and oxygen atoms in total. The molecule has 0 aliphatic carbocycles. The Morgan fingerprint density at radius 3 is 2.44 bits per heavy atom. The third-order valence-electron chi connectivity index (χ3n) is 3.60. The summed E-state index contributed by atoms with van der Waals surface area (Å²) in [6, 6.07) is 5.52. The lowest BCUT2D eigenvalue weighted by Crippen LogP contribution is -2.36. The predicted molar refractivity (Wildman–Crippen MR) is 96.5 cm³/mol. The number of anilines is 1. The van der Waals surface area contributed by atoms with E-state index in [9.17, 15) is 9.59 Å². The highest BCUT2D eigenvalue weighted by atomic mass is 32.1. The number of methoxy groups -OCH3 is 2. The maximum absolute atomic E-state index is 11.9. The normalized spacial score (nSPS) is 10.2. The summed E-state index contributed by atoms with van der Waals surface area (Å²) in [5.74, 6) is -0.144. The van der Waals surface area contributed by atoms with Crippen molar-refractivity contribution in [2.75, 3.05) is 26.1 Å². The van der Waals surface area contributed by atoms with Gasteiger partial charge in [-0.05, 0) is 38.0 Å². The molecule has 2 N–H and O–H groups in total. The Morgan fingerprint density at radius 2 is 1.84 bits per heavy atom. The first-order valence-electron chi connectivity index (χ1n) is 7.68. The van der Waals surface area contributed by atoms with Crippen molar-refractivity contribution in [2.24, 2.45) is 0 Å². The summed E-state index contributed by atoms with van der Waals surface area (Å²) >= 11 is 1.34. The number of hydrogen-bond acceptors (Lipinski definition) is 6. The van der Waals surface area contributed by atoms with Crippen molar-refractivity contribution < 1.29 is 19.1 Å². The number of aryl methyl sites for hydroxylation is 2. The van der Waals surface area contributed by atoms with Crippen molar-refractivity contribution in [3.63, 3.8) is 0 Å². The number of aromatic nitrogens is 1. The number of hydrogen-bond donors (Lipinski definition) is 2. The van der Waals surface area contributed by atoms with Crippen LogP contribution in [0.3, 0.4) is 0 Å². The Balaban J connectivity index is 1.84.